The quantitative estimate of drug-likeness (QED) is 0.505. The van der Waals surface area contributed by atoms with E-state index in [4.69, 9.17) is 19.3 Å². The van der Waals surface area contributed by atoms with Gasteiger partial charge in [-0.05, 0) is 36.8 Å². The van der Waals surface area contributed by atoms with Crippen molar-refractivity contribution in [2.45, 2.75) is 20.0 Å². The van der Waals surface area contributed by atoms with E-state index in [0.29, 0.717) is 22.5 Å². The molecule has 0 amide bonds. The fourth-order valence-corrected chi connectivity index (χ4v) is 2.85. The van der Waals surface area contributed by atoms with Crippen LogP contribution in [0.4, 0.5) is 0 Å². The third-order valence-corrected chi connectivity index (χ3v) is 4.32. The van der Waals surface area contributed by atoms with E-state index < -0.39 is 0 Å². The highest BCUT2D eigenvalue weighted by molar-refractivity contribution is 5.92. The van der Waals surface area contributed by atoms with Gasteiger partial charge in [0.05, 0.1) is 11.7 Å². The number of hydrogen-bond donors (Lipinski definition) is 1. The average Bonchev–Trinajstić information content (AvgIpc) is 2.61. The van der Waals surface area contributed by atoms with Gasteiger partial charge in [0.2, 0.25) is 5.90 Å². The van der Waals surface area contributed by atoms with Crippen LogP contribution in [-0.4, -0.2) is 19.1 Å². The number of rotatable bonds is 4. The van der Waals surface area contributed by atoms with Gasteiger partial charge in [0.1, 0.15) is 11.3 Å². The molecule has 0 aliphatic heterocycles. The second-order valence-electron chi connectivity index (χ2n) is 6.40. The molecule has 2 unspecified atom stereocenters. The minimum Gasteiger partial charge on any atom is -0.439 e. The van der Waals surface area contributed by atoms with Crippen molar-refractivity contribution < 1.29 is 13.9 Å². The second kappa shape index (κ2) is 7.14. The maximum atomic E-state index is 12.4. The van der Waals surface area contributed by atoms with Crippen molar-refractivity contribution in [3.8, 4) is 5.75 Å². The molecule has 1 N–H and O–H groups in total. The number of allylic oxidation sites excluding steroid dienone is 2. The minimum atomic E-state index is -0.389. The van der Waals surface area contributed by atoms with Gasteiger partial charge in [-0.2, -0.15) is 0 Å². The highest BCUT2D eigenvalue weighted by Crippen LogP contribution is 2.27. The molecule has 1 heterocycles. The summed E-state index contributed by atoms with van der Waals surface area (Å²) in [5.74, 6) is 0.645. The van der Waals surface area contributed by atoms with Gasteiger partial charge in [-0.1, -0.05) is 31.7 Å². The fourth-order valence-electron chi connectivity index (χ4n) is 2.85. The molecule has 0 fully saturated rings. The molecule has 5 nitrogen and oxygen atoms in total. The number of methoxy groups -OCH3 is 1. The maximum Gasteiger partial charge on any atom is 0.344 e. The van der Waals surface area contributed by atoms with Crippen molar-refractivity contribution in [1.29, 1.82) is 5.41 Å². The summed E-state index contributed by atoms with van der Waals surface area (Å²) in [7, 11) is 1.67. The monoisotopic (exact) mass is 351 g/mol. The first-order valence-electron chi connectivity index (χ1n) is 8.32. The van der Waals surface area contributed by atoms with Crippen molar-refractivity contribution in [1.82, 2.24) is 0 Å². The number of benzene rings is 1. The van der Waals surface area contributed by atoms with Gasteiger partial charge >= 0.3 is 5.63 Å². The first kappa shape index (κ1) is 17.9. The van der Waals surface area contributed by atoms with Crippen molar-refractivity contribution in [2.75, 3.05) is 7.11 Å². The van der Waals surface area contributed by atoms with Gasteiger partial charge in [0.25, 0.3) is 0 Å². The van der Waals surface area contributed by atoms with E-state index >= 15 is 0 Å². The van der Waals surface area contributed by atoms with Gasteiger partial charge in [-0.3, -0.25) is 5.41 Å². The molecule has 1 aromatic carbocycles. The van der Waals surface area contributed by atoms with Crippen molar-refractivity contribution >= 4 is 22.4 Å². The minimum absolute atomic E-state index is 0.000551. The maximum absolute atomic E-state index is 12.4. The van der Waals surface area contributed by atoms with Crippen molar-refractivity contribution in [3.05, 3.63) is 70.6 Å². The van der Waals surface area contributed by atoms with E-state index in [-0.39, 0.29) is 23.5 Å². The highest BCUT2D eigenvalue weighted by atomic mass is 16.5. The van der Waals surface area contributed by atoms with Crippen LogP contribution in [0.5, 0.6) is 5.75 Å². The smallest absolute Gasteiger partial charge is 0.344 e. The Balaban J connectivity index is 2.01. The molecule has 26 heavy (non-hydrogen) atoms. The Morgan fingerprint density at radius 3 is 2.73 bits per heavy atom. The SMILES string of the molecule is C=C(C)C(=N)Oc1ccc2oc(=O)c(C3=CC(C)C(OC)C=C3)cc2c1. The Bertz CT molecular complexity index is 997. The molecule has 134 valence electrons. The topological polar surface area (TPSA) is 72.5 Å². The predicted molar refractivity (Wildman–Crippen MR) is 103 cm³/mol. The molecule has 1 aliphatic rings. The van der Waals surface area contributed by atoms with Crippen LogP contribution in [0.15, 0.2) is 63.9 Å². The zero-order valence-corrected chi connectivity index (χ0v) is 15.0. The number of fused-ring (bicyclic) bond motifs is 1. The standard InChI is InChI=1S/C21H21NO4/c1-12(2)20(22)25-16-6-8-19-15(10-16)11-17(21(23)26-19)14-5-7-18(24-4)13(3)9-14/h5-11,13,18,22H,1H2,2-4H3. The summed E-state index contributed by atoms with van der Waals surface area (Å²) in [6.07, 6.45) is 5.82. The summed E-state index contributed by atoms with van der Waals surface area (Å²) in [5.41, 5.74) is 1.91. The largest absolute Gasteiger partial charge is 0.439 e. The molecule has 1 aromatic heterocycles. The van der Waals surface area contributed by atoms with Crippen LogP contribution in [0.25, 0.3) is 16.5 Å². The lowest BCUT2D eigenvalue weighted by molar-refractivity contribution is 0.112. The molecular formula is C21H21NO4. The summed E-state index contributed by atoms with van der Waals surface area (Å²) < 4.78 is 16.3. The van der Waals surface area contributed by atoms with Gasteiger partial charge in [-0.25, -0.2) is 4.79 Å². The zero-order chi connectivity index (χ0) is 18.8. The molecule has 0 saturated carbocycles. The summed E-state index contributed by atoms with van der Waals surface area (Å²) in [6, 6.07) is 6.85. The van der Waals surface area contributed by atoms with E-state index in [1.807, 2.05) is 25.2 Å². The Morgan fingerprint density at radius 1 is 1.31 bits per heavy atom. The van der Waals surface area contributed by atoms with Crippen LogP contribution < -0.4 is 10.4 Å². The lowest BCUT2D eigenvalue weighted by Crippen LogP contribution is -2.19. The van der Waals surface area contributed by atoms with Crippen LogP contribution in [0.1, 0.15) is 19.4 Å². The molecule has 5 heteroatoms. The Hall–Kier alpha value is -2.92. The predicted octanol–water partition coefficient (Wildman–Crippen LogP) is 4.33. The zero-order valence-electron chi connectivity index (χ0n) is 15.0. The average molecular weight is 351 g/mol. The molecule has 0 saturated heterocycles. The summed E-state index contributed by atoms with van der Waals surface area (Å²) in [6.45, 7) is 7.43. The van der Waals surface area contributed by atoms with Gasteiger partial charge in [0.15, 0.2) is 0 Å². The lowest BCUT2D eigenvalue weighted by atomic mass is 9.92. The van der Waals surface area contributed by atoms with Crippen LogP contribution in [-0.2, 0) is 4.74 Å². The third-order valence-electron chi connectivity index (χ3n) is 4.32. The molecule has 1 aliphatic carbocycles. The van der Waals surface area contributed by atoms with Crippen LogP contribution in [0, 0.1) is 11.3 Å². The van der Waals surface area contributed by atoms with Crippen LogP contribution >= 0.6 is 0 Å². The fraction of sp³-hybridized carbons (Fsp3) is 0.238. The molecule has 0 spiro atoms. The van der Waals surface area contributed by atoms with E-state index in [1.54, 1.807) is 38.3 Å². The van der Waals surface area contributed by atoms with E-state index in [1.165, 1.54) is 0 Å². The molecule has 2 atom stereocenters. The summed E-state index contributed by atoms with van der Waals surface area (Å²) in [4.78, 5) is 12.4. The molecular weight excluding hydrogens is 330 g/mol. The van der Waals surface area contributed by atoms with E-state index in [0.717, 1.165) is 11.0 Å². The summed E-state index contributed by atoms with van der Waals surface area (Å²) >= 11 is 0. The van der Waals surface area contributed by atoms with Gasteiger partial charge < -0.3 is 13.9 Å². The van der Waals surface area contributed by atoms with Crippen LogP contribution in [0.3, 0.4) is 0 Å². The van der Waals surface area contributed by atoms with Crippen molar-refractivity contribution in [3.63, 3.8) is 0 Å². The molecule has 2 aromatic rings. The first-order valence-corrected chi connectivity index (χ1v) is 8.32. The number of ether oxygens (including phenoxy) is 2. The Kier molecular flexibility index (Phi) is 4.91. The highest BCUT2D eigenvalue weighted by Gasteiger charge is 2.19. The van der Waals surface area contributed by atoms with Gasteiger partial charge in [-0.15, -0.1) is 0 Å². The van der Waals surface area contributed by atoms with Gasteiger partial charge in [0, 0.05) is 24.0 Å². The van der Waals surface area contributed by atoms with Crippen molar-refractivity contribution in [2.24, 2.45) is 5.92 Å². The summed E-state index contributed by atoms with van der Waals surface area (Å²) in [5, 5.41) is 8.48. The Morgan fingerprint density at radius 2 is 2.08 bits per heavy atom. The first-order chi connectivity index (χ1) is 12.4. The number of nitrogens with one attached hydrogen (secondary N) is 1. The lowest BCUT2D eigenvalue weighted by Gasteiger charge is -2.21. The molecule has 3 rings (SSSR count). The van der Waals surface area contributed by atoms with E-state index in [2.05, 4.69) is 6.58 Å². The normalized spacial score (nSPS) is 19.3. The molecule has 0 bridgehead atoms. The molecule has 0 radical (unpaired) electrons. The van der Waals surface area contributed by atoms with Crippen LogP contribution in [0.2, 0.25) is 0 Å². The Labute approximate surface area is 151 Å². The third kappa shape index (κ3) is 3.53. The number of hydrogen-bond acceptors (Lipinski definition) is 5. The second-order valence-corrected chi connectivity index (χ2v) is 6.40. The van der Waals surface area contributed by atoms with E-state index in [9.17, 15) is 4.79 Å².